The molecule has 0 aliphatic carbocycles. The van der Waals surface area contributed by atoms with Crippen LogP contribution in [0, 0.1) is 22.6 Å². The zero-order valence-electron chi connectivity index (χ0n) is 8.77. The summed E-state index contributed by atoms with van der Waals surface area (Å²) < 4.78 is 13.6. The molecule has 0 amide bonds. The van der Waals surface area contributed by atoms with Gasteiger partial charge >= 0.3 is 0 Å². The van der Waals surface area contributed by atoms with Gasteiger partial charge in [-0.3, -0.25) is 5.41 Å². The van der Waals surface area contributed by atoms with Crippen molar-refractivity contribution in [3.05, 3.63) is 35.1 Å². The van der Waals surface area contributed by atoms with Crippen molar-refractivity contribution in [3.63, 3.8) is 0 Å². The topological polar surface area (TPSA) is 112 Å². The Hall–Kier alpha value is -2.07. The Bertz CT molecular complexity index is 502. The molecule has 1 aromatic carbocycles. The number of aliphatic imine (C=N–C) groups is 1. The lowest BCUT2D eigenvalue weighted by atomic mass is 10.1. The van der Waals surface area contributed by atoms with Crippen molar-refractivity contribution in [1.82, 2.24) is 0 Å². The van der Waals surface area contributed by atoms with Crippen LogP contribution in [0.2, 0.25) is 0 Å². The second kappa shape index (κ2) is 5.86. The normalized spacial score (nSPS) is 9.41. The van der Waals surface area contributed by atoms with Crippen molar-refractivity contribution in [2.45, 2.75) is 5.75 Å². The summed E-state index contributed by atoms with van der Waals surface area (Å²) in [5, 5.41) is 15.9. The van der Waals surface area contributed by atoms with Crippen LogP contribution in [-0.2, 0) is 5.75 Å². The van der Waals surface area contributed by atoms with Gasteiger partial charge in [0.05, 0.1) is 5.56 Å². The summed E-state index contributed by atoms with van der Waals surface area (Å²) in [6, 6.07) is 6.28. The van der Waals surface area contributed by atoms with Crippen molar-refractivity contribution in [1.29, 1.82) is 10.7 Å². The molecule has 0 saturated heterocycles. The molecular weight excluding hydrogens is 241 g/mol. The quantitative estimate of drug-likeness (QED) is 0.540. The minimum Gasteiger partial charge on any atom is -0.370 e. The molecular formula is C10H10FN5S. The summed E-state index contributed by atoms with van der Waals surface area (Å²) in [5.74, 6) is -0.592. The molecule has 0 atom stereocenters. The minimum absolute atomic E-state index is 0.0172. The van der Waals surface area contributed by atoms with Gasteiger partial charge in [-0.1, -0.05) is 23.9 Å². The van der Waals surface area contributed by atoms with E-state index in [-0.39, 0.29) is 22.4 Å². The zero-order chi connectivity index (χ0) is 12.8. The van der Waals surface area contributed by atoms with E-state index < -0.39 is 5.82 Å². The van der Waals surface area contributed by atoms with E-state index in [4.69, 9.17) is 22.1 Å². The monoisotopic (exact) mass is 251 g/mol. The minimum atomic E-state index is -0.569. The van der Waals surface area contributed by atoms with E-state index in [9.17, 15) is 4.39 Å². The van der Waals surface area contributed by atoms with Crippen LogP contribution in [0.15, 0.2) is 23.2 Å². The number of nitriles is 1. The summed E-state index contributed by atoms with van der Waals surface area (Å²) in [4.78, 5) is 3.50. The van der Waals surface area contributed by atoms with Gasteiger partial charge in [0.25, 0.3) is 0 Å². The maximum absolute atomic E-state index is 13.6. The number of thioether (sulfide) groups is 1. The predicted molar refractivity (Wildman–Crippen MR) is 65.9 cm³/mol. The molecule has 0 saturated carbocycles. The lowest BCUT2D eigenvalue weighted by Crippen LogP contribution is -2.23. The zero-order valence-corrected chi connectivity index (χ0v) is 9.59. The Morgan fingerprint density at radius 1 is 1.53 bits per heavy atom. The Morgan fingerprint density at radius 2 is 2.24 bits per heavy atom. The van der Waals surface area contributed by atoms with Crippen LogP contribution < -0.4 is 11.5 Å². The molecule has 1 aromatic rings. The first kappa shape index (κ1) is 13.0. The molecule has 17 heavy (non-hydrogen) atoms. The van der Waals surface area contributed by atoms with E-state index in [1.54, 1.807) is 18.2 Å². The molecule has 0 fully saturated rings. The van der Waals surface area contributed by atoms with Gasteiger partial charge in [0.1, 0.15) is 11.9 Å². The number of nitrogens with two attached hydrogens (primary N) is 2. The van der Waals surface area contributed by atoms with Gasteiger partial charge in [0.2, 0.25) is 0 Å². The summed E-state index contributed by atoms with van der Waals surface area (Å²) in [6.07, 6.45) is 0. The highest BCUT2D eigenvalue weighted by atomic mass is 32.2. The van der Waals surface area contributed by atoms with Crippen LogP contribution in [0.25, 0.3) is 0 Å². The van der Waals surface area contributed by atoms with E-state index >= 15 is 0 Å². The first-order chi connectivity index (χ1) is 8.04. The van der Waals surface area contributed by atoms with Gasteiger partial charge in [-0.25, -0.2) is 4.39 Å². The predicted octanol–water partition coefficient (Wildman–Crippen LogP) is 1.14. The number of nitrogens with zero attached hydrogens (tertiary/aromatic N) is 2. The fraction of sp³-hybridized carbons (Fsp3) is 0.100. The molecule has 0 aromatic heterocycles. The number of halogens is 1. The molecule has 0 spiro atoms. The second-order valence-electron chi connectivity index (χ2n) is 3.02. The van der Waals surface area contributed by atoms with Gasteiger partial charge in [-0.05, 0) is 11.6 Å². The van der Waals surface area contributed by atoms with Crippen LogP contribution in [0.5, 0.6) is 0 Å². The number of benzene rings is 1. The molecule has 88 valence electrons. The SMILES string of the molecule is N#Cc1cccc(CSC(=N)N=C(N)N)c1F. The number of rotatable bonds is 2. The lowest BCUT2D eigenvalue weighted by Gasteiger charge is -2.03. The van der Waals surface area contributed by atoms with E-state index in [1.807, 2.05) is 0 Å². The molecule has 7 heteroatoms. The van der Waals surface area contributed by atoms with E-state index in [0.717, 1.165) is 11.8 Å². The van der Waals surface area contributed by atoms with Crippen molar-refractivity contribution >= 4 is 22.9 Å². The van der Waals surface area contributed by atoms with Crippen LogP contribution in [0.4, 0.5) is 4.39 Å². The first-order valence-corrected chi connectivity index (χ1v) is 5.51. The van der Waals surface area contributed by atoms with E-state index in [0.29, 0.717) is 5.56 Å². The first-order valence-electron chi connectivity index (χ1n) is 4.53. The molecule has 0 radical (unpaired) electrons. The molecule has 0 unspecified atom stereocenters. The fourth-order valence-corrected chi connectivity index (χ4v) is 1.76. The van der Waals surface area contributed by atoms with Crippen LogP contribution >= 0.6 is 11.8 Å². The number of hydrogen-bond donors (Lipinski definition) is 3. The molecule has 5 nitrogen and oxygen atoms in total. The van der Waals surface area contributed by atoms with Crippen molar-refractivity contribution in [2.75, 3.05) is 0 Å². The largest absolute Gasteiger partial charge is 0.370 e. The van der Waals surface area contributed by atoms with Crippen LogP contribution in [0.1, 0.15) is 11.1 Å². The highest BCUT2D eigenvalue weighted by Crippen LogP contribution is 2.19. The third kappa shape index (κ3) is 3.77. The highest BCUT2D eigenvalue weighted by Gasteiger charge is 2.08. The Labute approximate surface area is 102 Å². The molecule has 0 bridgehead atoms. The molecule has 1 rings (SSSR count). The average Bonchev–Trinajstić information content (AvgIpc) is 2.27. The summed E-state index contributed by atoms with van der Waals surface area (Å²) in [5.41, 5.74) is 10.5. The van der Waals surface area contributed by atoms with Crippen molar-refractivity contribution in [2.24, 2.45) is 16.5 Å². The van der Waals surface area contributed by atoms with Crippen LogP contribution in [0.3, 0.4) is 0 Å². The van der Waals surface area contributed by atoms with Crippen molar-refractivity contribution in [3.8, 4) is 6.07 Å². The van der Waals surface area contributed by atoms with Gasteiger partial charge in [0.15, 0.2) is 11.1 Å². The second-order valence-corrected chi connectivity index (χ2v) is 3.99. The fourth-order valence-electron chi connectivity index (χ4n) is 1.07. The molecule has 0 heterocycles. The summed E-state index contributed by atoms with van der Waals surface area (Å²) in [7, 11) is 0. The highest BCUT2D eigenvalue weighted by molar-refractivity contribution is 8.13. The van der Waals surface area contributed by atoms with E-state index in [2.05, 4.69) is 4.99 Å². The number of guanidine groups is 1. The Morgan fingerprint density at radius 3 is 2.82 bits per heavy atom. The van der Waals surface area contributed by atoms with Gasteiger partial charge in [-0.2, -0.15) is 10.3 Å². The molecule has 0 aliphatic rings. The number of nitrogens with one attached hydrogen (secondary N) is 1. The van der Waals surface area contributed by atoms with Crippen LogP contribution in [-0.4, -0.2) is 11.1 Å². The average molecular weight is 251 g/mol. The third-order valence-corrected chi connectivity index (χ3v) is 2.61. The van der Waals surface area contributed by atoms with E-state index in [1.165, 1.54) is 6.07 Å². The molecule has 0 aliphatic heterocycles. The third-order valence-electron chi connectivity index (χ3n) is 1.79. The van der Waals surface area contributed by atoms with Gasteiger partial charge in [-0.15, -0.1) is 0 Å². The Kier molecular flexibility index (Phi) is 4.48. The lowest BCUT2D eigenvalue weighted by molar-refractivity contribution is 0.613. The summed E-state index contributed by atoms with van der Waals surface area (Å²) in [6.45, 7) is 0. The maximum atomic E-state index is 13.6. The van der Waals surface area contributed by atoms with Gasteiger partial charge in [0, 0.05) is 5.75 Å². The summed E-state index contributed by atoms with van der Waals surface area (Å²) >= 11 is 0.978. The smallest absolute Gasteiger partial charge is 0.193 e. The standard InChI is InChI=1S/C10H10FN5S/c11-8-6(4-12)2-1-3-7(8)5-17-10(15)16-9(13)14/h1-3H,5H2,(H5,13,14,15,16). The maximum Gasteiger partial charge on any atom is 0.193 e. The van der Waals surface area contributed by atoms with Crippen molar-refractivity contribution < 1.29 is 4.39 Å². The number of amidine groups is 1. The molecule has 5 N–H and O–H groups in total. The Balaban J connectivity index is 2.74. The number of hydrogen-bond acceptors (Lipinski definition) is 3. The van der Waals surface area contributed by atoms with Gasteiger partial charge < -0.3 is 11.5 Å².